The fraction of sp³-hybridized carbons (Fsp3) is 0.600. The Hall–Kier alpha value is 0.250. The van der Waals surface area contributed by atoms with Gasteiger partial charge < -0.3 is 19.7 Å². The third-order valence-electron chi connectivity index (χ3n) is 1.00. The van der Waals surface area contributed by atoms with Crippen molar-refractivity contribution < 1.29 is 63.1 Å². The normalized spacial score (nSPS) is 10.4. The first-order chi connectivity index (χ1) is 5.81. The van der Waals surface area contributed by atoms with Crippen LogP contribution < -0.4 is 34.7 Å². The summed E-state index contributed by atoms with van der Waals surface area (Å²) in [6.45, 7) is -0.794. The molecule has 0 aromatic carbocycles. The maximum atomic E-state index is 10.6. The second kappa shape index (κ2) is 7.53. The van der Waals surface area contributed by atoms with Crippen molar-refractivity contribution in [3.05, 3.63) is 0 Å². The summed E-state index contributed by atoms with van der Waals surface area (Å²) in [4.78, 5) is 36.8. The van der Waals surface area contributed by atoms with Crippen molar-refractivity contribution >= 4 is 19.6 Å². The Morgan fingerprint density at radius 2 is 1.79 bits per heavy atom. The van der Waals surface area contributed by atoms with E-state index in [1.165, 1.54) is 0 Å². The maximum Gasteiger partial charge on any atom is 1.00 e. The van der Waals surface area contributed by atoms with Crippen molar-refractivity contribution in [2.24, 2.45) is 0 Å². The van der Waals surface area contributed by atoms with E-state index >= 15 is 0 Å². The monoisotopic (exact) mass is 234 g/mol. The van der Waals surface area contributed by atoms with Gasteiger partial charge in [-0.1, -0.05) is 0 Å². The minimum Gasteiger partial charge on any atom is -0.550 e. The van der Waals surface area contributed by atoms with Crippen molar-refractivity contribution in [1.82, 2.24) is 0 Å². The van der Waals surface area contributed by atoms with Gasteiger partial charge in [0.1, 0.15) is 6.61 Å². The van der Waals surface area contributed by atoms with Crippen LogP contribution in [0.5, 0.6) is 0 Å². The molecule has 76 valence electrons. The van der Waals surface area contributed by atoms with Crippen LogP contribution in [0.15, 0.2) is 0 Å². The molecule has 0 saturated carbocycles. The number of carboxylic acids is 1. The third kappa shape index (κ3) is 12.2. The summed E-state index contributed by atoms with van der Waals surface area (Å²) >= 11 is 0. The number of phosphoric ester groups is 1. The summed E-state index contributed by atoms with van der Waals surface area (Å²) in [6.07, 6.45) is -0.842. The molecule has 0 atom stereocenters. The average molecular weight is 234 g/mol. The van der Waals surface area contributed by atoms with Gasteiger partial charge in [-0.25, -0.2) is 4.57 Å². The molecule has 0 amide bonds. The van der Waals surface area contributed by atoms with E-state index in [0.717, 1.165) is 0 Å². The number of Topliss-reactive ketones (excluding diaryl/α,β-unsaturated/α-hetero) is 1. The van der Waals surface area contributed by atoms with E-state index in [9.17, 15) is 19.3 Å². The molecule has 0 rings (SSSR count). The molecular formula is C5H8NaO7P. The van der Waals surface area contributed by atoms with E-state index in [-0.39, 0.29) is 36.0 Å². The Labute approximate surface area is 102 Å². The van der Waals surface area contributed by atoms with E-state index in [1.807, 2.05) is 0 Å². The van der Waals surface area contributed by atoms with Crippen molar-refractivity contribution in [1.29, 1.82) is 0 Å². The quantitative estimate of drug-likeness (QED) is 0.349. The van der Waals surface area contributed by atoms with Crippen LogP contribution in [0.2, 0.25) is 0 Å². The van der Waals surface area contributed by atoms with Crippen LogP contribution in [0.4, 0.5) is 0 Å². The van der Waals surface area contributed by atoms with Crippen molar-refractivity contribution in [2.45, 2.75) is 12.8 Å². The smallest absolute Gasteiger partial charge is 0.550 e. The molecule has 0 aliphatic carbocycles. The molecule has 0 unspecified atom stereocenters. The Bertz CT molecular complexity index is 246. The van der Waals surface area contributed by atoms with Crippen LogP contribution in [-0.4, -0.2) is 28.1 Å². The molecule has 0 aromatic heterocycles. The predicted octanol–water partition coefficient (Wildman–Crippen LogP) is -4.80. The van der Waals surface area contributed by atoms with Gasteiger partial charge in [0.05, 0.1) is 0 Å². The van der Waals surface area contributed by atoms with E-state index in [2.05, 4.69) is 4.52 Å². The molecular weight excluding hydrogens is 226 g/mol. The van der Waals surface area contributed by atoms with Gasteiger partial charge >= 0.3 is 37.4 Å². The molecule has 9 heteroatoms. The van der Waals surface area contributed by atoms with Gasteiger partial charge in [0.25, 0.3) is 0 Å². The van der Waals surface area contributed by atoms with Crippen LogP contribution in [-0.2, 0) is 18.7 Å². The van der Waals surface area contributed by atoms with Gasteiger partial charge in [0, 0.05) is 12.4 Å². The van der Waals surface area contributed by atoms with Gasteiger partial charge in [0.15, 0.2) is 5.78 Å². The number of carbonyl (C=O) groups is 2. The molecule has 0 heterocycles. The van der Waals surface area contributed by atoms with Crippen molar-refractivity contribution in [2.75, 3.05) is 6.61 Å². The molecule has 14 heavy (non-hydrogen) atoms. The van der Waals surface area contributed by atoms with Gasteiger partial charge in [-0.05, 0) is 6.42 Å². The Morgan fingerprint density at radius 1 is 1.29 bits per heavy atom. The Morgan fingerprint density at radius 3 is 2.14 bits per heavy atom. The number of hydrogen-bond acceptors (Lipinski definition) is 5. The van der Waals surface area contributed by atoms with E-state index in [1.54, 1.807) is 0 Å². The summed E-state index contributed by atoms with van der Waals surface area (Å²) in [5, 5.41) is 9.85. The zero-order chi connectivity index (χ0) is 10.5. The number of rotatable bonds is 6. The van der Waals surface area contributed by atoms with E-state index in [0.29, 0.717) is 0 Å². The van der Waals surface area contributed by atoms with E-state index in [4.69, 9.17) is 9.79 Å². The average Bonchev–Trinajstić information content (AvgIpc) is 1.95. The molecule has 0 radical (unpaired) electrons. The SMILES string of the molecule is O=C([O-])CCC(=O)COP(=O)(O)O.[Na+]. The van der Waals surface area contributed by atoms with Crippen LogP contribution in [0.25, 0.3) is 0 Å². The molecule has 0 aliphatic rings. The number of ketones is 1. The maximum absolute atomic E-state index is 10.6. The van der Waals surface area contributed by atoms with Crippen LogP contribution in [0.3, 0.4) is 0 Å². The molecule has 0 saturated heterocycles. The summed E-state index contributed by atoms with van der Waals surface area (Å²) in [6, 6.07) is 0. The second-order valence-corrected chi connectivity index (χ2v) is 3.41. The van der Waals surface area contributed by atoms with Crippen LogP contribution in [0.1, 0.15) is 12.8 Å². The molecule has 0 aliphatic heterocycles. The second-order valence-electron chi connectivity index (χ2n) is 2.17. The van der Waals surface area contributed by atoms with Crippen LogP contribution in [0, 0.1) is 0 Å². The fourth-order valence-electron chi connectivity index (χ4n) is 0.470. The minimum absolute atomic E-state index is 0. The van der Waals surface area contributed by atoms with Gasteiger partial charge in [-0.2, -0.15) is 0 Å². The van der Waals surface area contributed by atoms with Crippen molar-refractivity contribution in [3.8, 4) is 0 Å². The first-order valence-corrected chi connectivity index (χ1v) is 4.76. The largest absolute Gasteiger partial charge is 1.00 e. The fourth-order valence-corrected chi connectivity index (χ4v) is 0.782. The summed E-state index contributed by atoms with van der Waals surface area (Å²) in [7, 11) is -4.65. The topological polar surface area (TPSA) is 124 Å². The summed E-state index contributed by atoms with van der Waals surface area (Å²) in [5.41, 5.74) is 0. The molecule has 2 N–H and O–H groups in total. The van der Waals surface area contributed by atoms with E-state index < -0.39 is 32.6 Å². The number of hydrogen-bond donors (Lipinski definition) is 2. The first-order valence-electron chi connectivity index (χ1n) is 3.23. The van der Waals surface area contributed by atoms with Crippen LogP contribution >= 0.6 is 7.82 Å². The number of carboxylic acid groups (broad SMARTS) is 1. The molecule has 0 spiro atoms. The van der Waals surface area contributed by atoms with Gasteiger partial charge in [-0.15, -0.1) is 0 Å². The molecule has 0 bridgehead atoms. The Kier molecular flexibility index (Phi) is 8.97. The predicted molar refractivity (Wildman–Crippen MR) is 37.2 cm³/mol. The number of carbonyl (C=O) groups excluding carboxylic acids is 2. The third-order valence-corrected chi connectivity index (χ3v) is 1.47. The van der Waals surface area contributed by atoms with Gasteiger partial charge in [-0.3, -0.25) is 9.32 Å². The van der Waals surface area contributed by atoms with Crippen molar-refractivity contribution in [3.63, 3.8) is 0 Å². The standard InChI is InChI=1S/C5H9O7P.Na/c6-4(1-2-5(7)8)3-12-13(9,10)11;/h1-3H2,(H,7,8)(H2,9,10,11);/q;+1/p-1. The summed E-state index contributed by atoms with van der Waals surface area (Å²) in [5.74, 6) is -2.10. The molecule has 0 fully saturated rings. The zero-order valence-corrected chi connectivity index (χ0v) is 10.4. The molecule has 0 aromatic rings. The first kappa shape index (κ1) is 16.7. The van der Waals surface area contributed by atoms with Gasteiger partial charge in [0.2, 0.25) is 0 Å². The Balaban J connectivity index is 0. The summed E-state index contributed by atoms with van der Waals surface area (Å²) < 4.78 is 13.9. The minimum atomic E-state index is -4.65. The number of aliphatic carboxylic acids is 1. The molecule has 7 nitrogen and oxygen atoms in total. The number of phosphoric acid groups is 1. The zero-order valence-electron chi connectivity index (χ0n) is 7.50.